The topological polar surface area (TPSA) is 93.2 Å². The van der Waals surface area contributed by atoms with Gasteiger partial charge in [0.25, 0.3) is 5.91 Å². The second-order valence-electron chi connectivity index (χ2n) is 4.09. The number of aryl methyl sites for hydroxylation is 2. The minimum Gasteiger partial charge on any atom is -0.507 e. The van der Waals surface area contributed by atoms with Crippen LogP contribution in [0.4, 0.5) is 15.9 Å². The van der Waals surface area contributed by atoms with Crippen LogP contribution in [0.5, 0.6) is 5.75 Å². The van der Waals surface area contributed by atoms with Crippen LogP contribution in [0.3, 0.4) is 0 Å². The van der Waals surface area contributed by atoms with Crippen LogP contribution in [0.15, 0.2) is 18.2 Å². The van der Waals surface area contributed by atoms with Crippen molar-refractivity contribution in [3.63, 3.8) is 0 Å². The molecule has 4 N–H and O–H groups in total. The highest BCUT2D eigenvalue weighted by atomic mass is 19.1. The molecule has 6 nitrogen and oxygen atoms in total. The summed E-state index contributed by atoms with van der Waals surface area (Å²) in [4.78, 5) is 12.0. The van der Waals surface area contributed by atoms with Crippen LogP contribution in [0.2, 0.25) is 0 Å². The van der Waals surface area contributed by atoms with Crippen molar-refractivity contribution in [2.45, 2.75) is 6.92 Å². The smallest absolute Gasteiger partial charge is 0.260 e. The zero-order valence-corrected chi connectivity index (χ0v) is 10.4. The Bertz CT molecular complexity index is 651. The van der Waals surface area contributed by atoms with Crippen molar-refractivity contribution in [1.82, 2.24) is 9.78 Å². The molecule has 0 atom stereocenters. The number of benzene rings is 1. The van der Waals surface area contributed by atoms with Crippen LogP contribution in [-0.4, -0.2) is 20.8 Å². The van der Waals surface area contributed by atoms with Crippen molar-refractivity contribution >= 4 is 17.4 Å². The van der Waals surface area contributed by atoms with Crippen LogP contribution in [0, 0.1) is 12.7 Å². The number of hydrogen-bond donors (Lipinski definition) is 3. The molecule has 1 aromatic carbocycles. The largest absolute Gasteiger partial charge is 0.507 e. The Morgan fingerprint density at radius 2 is 2.21 bits per heavy atom. The summed E-state index contributed by atoms with van der Waals surface area (Å²) in [7, 11) is 1.63. The molecule has 0 aliphatic heterocycles. The molecule has 1 heterocycles. The van der Waals surface area contributed by atoms with Gasteiger partial charge in [0.2, 0.25) is 0 Å². The third kappa shape index (κ3) is 2.35. The number of carbonyl (C=O) groups excluding carboxylic acids is 1. The molecule has 2 aromatic rings. The lowest BCUT2D eigenvalue weighted by molar-refractivity contribution is 0.102. The number of amides is 1. The number of aromatic nitrogens is 2. The van der Waals surface area contributed by atoms with Gasteiger partial charge in [0.15, 0.2) is 5.82 Å². The monoisotopic (exact) mass is 264 g/mol. The number of nitrogen functional groups attached to an aromatic ring is 1. The third-order valence-electron chi connectivity index (χ3n) is 2.70. The van der Waals surface area contributed by atoms with Gasteiger partial charge in [0.05, 0.1) is 16.9 Å². The van der Waals surface area contributed by atoms with E-state index < -0.39 is 17.5 Å². The summed E-state index contributed by atoms with van der Waals surface area (Å²) >= 11 is 0. The van der Waals surface area contributed by atoms with E-state index in [4.69, 9.17) is 5.73 Å². The highest BCUT2D eigenvalue weighted by Gasteiger charge is 2.17. The highest BCUT2D eigenvalue weighted by molar-refractivity contribution is 6.07. The Morgan fingerprint density at radius 3 is 2.74 bits per heavy atom. The first kappa shape index (κ1) is 12.9. The number of nitrogens with zero attached hydrogens (tertiary/aromatic N) is 2. The van der Waals surface area contributed by atoms with Gasteiger partial charge >= 0.3 is 0 Å². The Kier molecular flexibility index (Phi) is 3.12. The number of phenolic OH excluding ortho intramolecular Hbond substituents is 1. The first-order valence-electron chi connectivity index (χ1n) is 5.49. The molecule has 7 heteroatoms. The van der Waals surface area contributed by atoms with Crippen LogP contribution in [0.25, 0.3) is 0 Å². The summed E-state index contributed by atoms with van der Waals surface area (Å²) in [6.07, 6.45) is 0. The molecule has 19 heavy (non-hydrogen) atoms. The number of hydrogen-bond acceptors (Lipinski definition) is 4. The summed E-state index contributed by atoms with van der Waals surface area (Å²) in [6.45, 7) is 1.71. The van der Waals surface area contributed by atoms with E-state index in [1.54, 1.807) is 14.0 Å². The van der Waals surface area contributed by atoms with E-state index in [9.17, 15) is 14.3 Å². The Balaban J connectivity index is 2.31. The second-order valence-corrected chi connectivity index (χ2v) is 4.09. The van der Waals surface area contributed by atoms with Crippen LogP contribution < -0.4 is 11.1 Å². The Hall–Kier alpha value is -2.57. The standard InChI is InChI=1S/C12H13FN4O2/c1-6-10(14)11(17(2)16-6)15-12(19)8-4-3-7(13)5-9(8)18/h3-5,18H,14H2,1-2H3,(H,15,19). The molecule has 0 saturated heterocycles. The van der Waals surface area contributed by atoms with Crippen molar-refractivity contribution in [3.8, 4) is 5.75 Å². The van der Waals surface area contributed by atoms with E-state index in [1.165, 1.54) is 10.7 Å². The molecule has 100 valence electrons. The highest BCUT2D eigenvalue weighted by Crippen LogP contribution is 2.24. The SMILES string of the molecule is Cc1nn(C)c(NC(=O)c2ccc(F)cc2O)c1N. The minimum absolute atomic E-state index is 0.0420. The second kappa shape index (κ2) is 4.60. The predicted octanol–water partition coefficient (Wildman–Crippen LogP) is 1.41. The molecule has 1 amide bonds. The number of rotatable bonds is 2. The fourth-order valence-electron chi connectivity index (χ4n) is 1.69. The van der Waals surface area contributed by atoms with Crippen molar-refractivity contribution < 1.29 is 14.3 Å². The summed E-state index contributed by atoms with van der Waals surface area (Å²) < 4.78 is 14.3. The summed E-state index contributed by atoms with van der Waals surface area (Å²) in [5.74, 6) is -1.32. The maximum absolute atomic E-state index is 12.8. The summed E-state index contributed by atoms with van der Waals surface area (Å²) in [5, 5.41) is 16.1. The van der Waals surface area contributed by atoms with Gasteiger partial charge in [-0.05, 0) is 19.1 Å². The van der Waals surface area contributed by atoms with Gasteiger partial charge in [-0.25, -0.2) is 4.39 Å². The number of aromatic hydroxyl groups is 1. The average molecular weight is 264 g/mol. The first-order valence-corrected chi connectivity index (χ1v) is 5.49. The van der Waals surface area contributed by atoms with Crippen molar-refractivity contribution in [2.75, 3.05) is 11.1 Å². The lowest BCUT2D eigenvalue weighted by atomic mass is 10.2. The number of nitrogens with two attached hydrogens (primary N) is 1. The van der Waals surface area contributed by atoms with E-state index in [2.05, 4.69) is 10.4 Å². The normalized spacial score (nSPS) is 10.5. The average Bonchev–Trinajstić information content (AvgIpc) is 2.56. The molecule has 0 fully saturated rings. The molecular formula is C12H13FN4O2. The van der Waals surface area contributed by atoms with Crippen molar-refractivity contribution in [1.29, 1.82) is 0 Å². The van der Waals surface area contributed by atoms with E-state index in [1.807, 2.05) is 0 Å². The first-order chi connectivity index (χ1) is 8.90. The maximum Gasteiger partial charge on any atom is 0.260 e. The fourth-order valence-corrected chi connectivity index (χ4v) is 1.69. The molecule has 1 aromatic heterocycles. The van der Waals surface area contributed by atoms with Gasteiger partial charge in [-0.1, -0.05) is 0 Å². The summed E-state index contributed by atoms with van der Waals surface area (Å²) in [5.41, 5.74) is 6.66. The summed E-state index contributed by atoms with van der Waals surface area (Å²) in [6, 6.07) is 3.15. The van der Waals surface area contributed by atoms with Gasteiger partial charge in [-0.3, -0.25) is 9.48 Å². The molecular weight excluding hydrogens is 251 g/mol. The maximum atomic E-state index is 12.8. The molecule has 0 bridgehead atoms. The minimum atomic E-state index is -0.620. The molecule has 0 unspecified atom stereocenters. The molecule has 0 spiro atoms. The molecule has 0 radical (unpaired) electrons. The number of nitrogens with one attached hydrogen (secondary N) is 1. The Labute approximate surface area is 108 Å². The van der Waals surface area contributed by atoms with Gasteiger partial charge in [-0.2, -0.15) is 5.10 Å². The van der Waals surface area contributed by atoms with Gasteiger partial charge < -0.3 is 16.2 Å². The lowest BCUT2D eigenvalue weighted by Gasteiger charge is -2.08. The molecule has 0 aliphatic carbocycles. The fraction of sp³-hybridized carbons (Fsp3) is 0.167. The molecule has 0 saturated carbocycles. The number of phenols is 1. The molecule has 2 rings (SSSR count). The van der Waals surface area contributed by atoms with Crippen molar-refractivity contribution in [2.24, 2.45) is 7.05 Å². The predicted molar refractivity (Wildman–Crippen MR) is 68.4 cm³/mol. The third-order valence-corrected chi connectivity index (χ3v) is 2.70. The van der Waals surface area contributed by atoms with E-state index in [0.29, 0.717) is 17.2 Å². The zero-order valence-electron chi connectivity index (χ0n) is 10.4. The lowest BCUT2D eigenvalue weighted by Crippen LogP contribution is -2.15. The number of carbonyl (C=O) groups is 1. The van der Waals surface area contributed by atoms with Gasteiger partial charge in [0, 0.05) is 13.1 Å². The van der Waals surface area contributed by atoms with E-state index >= 15 is 0 Å². The van der Waals surface area contributed by atoms with E-state index in [0.717, 1.165) is 12.1 Å². The van der Waals surface area contributed by atoms with Crippen LogP contribution in [-0.2, 0) is 7.05 Å². The van der Waals surface area contributed by atoms with E-state index in [-0.39, 0.29) is 5.56 Å². The van der Waals surface area contributed by atoms with Crippen LogP contribution >= 0.6 is 0 Å². The Morgan fingerprint density at radius 1 is 1.53 bits per heavy atom. The number of halogens is 1. The number of anilines is 2. The van der Waals surface area contributed by atoms with Crippen molar-refractivity contribution in [3.05, 3.63) is 35.3 Å². The van der Waals surface area contributed by atoms with Gasteiger partial charge in [-0.15, -0.1) is 0 Å². The van der Waals surface area contributed by atoms with Gasteiger partial charge in [0.1, 0.15) is 11.6 Å². The molecule has 0 aliphatic rings. The van der Waals surface area contributed by atoms with Crippen LogP contribution in [0.1, 0.15) is 16.1 Å². The quantitative estimate of drug-likeness (QED) is 0.764. The zero-order chi connectivity index (χ0) is 14.2.